The zero-order chi connectivity index (χ0) is 21.3. The maximum absolute atomic E-state index is 12.0. The lowest BCUT2D eigenvalue weighted by Gasteiger charge is -2.13. The average Bonchev–Trinajstić information content (AvgIpc) is 3.48. The molecule has 3 aromatic rings. The van der Waals surface area contributed by atoms with Gasteiger partial charge in [0.05, 0.1) is 22.8 Å². The second-order valence-corrected chi connectivity index (χ2v) is 8.54. The van der Waals surface area contributed by atoms with E-state index < -0.39 is 0 Å². The van der Waals surface area contributed by atoms with Crippen molar-refractivity contribution in [3.8, 4) is 17.0 Å². The molecule has 6 heteroatoms. The van der Waals surface area contributed by atoms with E-state index in [1.807, 2.05) is 57.2 Å². The minimum atomic E-state index is -0.206. The molecule has 0 bridgehead atoms. The number of ether oxygens (including phenoxy) is 1. The summed E-state index contributed by atoms with van der Waals surface area (Å²) in [6.45, 7) is 7.43. The van der Waals surface area contributed by atoms with E-state index in [0.29, 0.717) is 12.5 Å². The minimum Gasteiger partial charge on any atom is -0.494 e. The molecule has 1 saturated carbocycles. The first-order valence-corrected chi connectivity index (χ1v) is 11.0. The Morgan fingerprint density at radius 1 is 1.20 bits per heavy atom. The fourth-order valence-electron chi connectivity index (χ4n) is 3.71. The topological polar surface area (TPSA) is 55.3 Å². The molecule has 0 radical (unpaired) electrons. The van der Waals surface area contributed by atoms with E-state index >= 15 is 0 Å². The van der Waals surface area contributed by atoms with Crippen LogP contribution in [0.3, 0.4) is 0 Å². The Hall–Kier alpha value is -2.66. The van der Waals surface area contributed by atoms with Gasteiger partial charge in [0.1, 0.15) is 5.75 Å². The van der Waals surface area contributed by atoms with Crippen LogP contribution in [0.5, 0.6) is 5.75 Å². The van der Waals surface area contributed by atoms with E-state index in [1.165, 1.54) is 12.8 Å². The first kappa shape index (κ1) is 20.6. The molecule has 158 valence electrons. The molecular formula is C24H28ClN3O2. The molecule has 4 rings (SSSR count). The smallest absolute Gasteiger partial charge is 0.319 e. The summed E-state index contributed by atoms with van der Waals surface area (Å²) >= 11 is 6.87. The number of carbonyl (C=O) groups excluding carboxylic acids is 1. The number of amides is 2. The monoisotopic (exact) mass is 425 g/mol. The number of hydrogen-bond acceptors (Lipinski definition) is 2. The number of nitrogens with zero attached hydrogens (tertiary/aromatic N) is 1. The second kappa shape index (κ2) is 8.60. The summed E-state index contributed by atoms with van der Waals surface area (Å²) in [4.78, 5) is 12.0. The molecule has 0 spiro atoms. The third-order valence-corrected chi connectivity index (χ3v) is 5.64. The first-order valence-electron chi connectivity index (χ1n) is 10.6. The van der Waals surface area contributed by atoms with E-state index in [1.54, 1.807) is 0 Å². The third kappa shape index (κ3) is 4.41. The fourth-order valence-corrected chi connectivity index (χ4v) is 4.09. The Labute approximate surface area is 182 Å². The Kier molecular flexibility index (Phi) is 5.91. The summed E-state index contributed by atoms with van der Waals surface area (Å²) in [6, 6.07) is 13.8. The molecule has 0 saturated heterocycles. The second-order valence-electron chi connectivity index (χ2n) is 8.16. The normalized spacial score (nSPS) is 13.6. The number of carbonyl (C=O) groups is 1. The first-order chi connectivity index (χ1) is 14.5. The van der Waals surface area contributed by atoms with Crippen LogP contribution in [-0.4, -0.2) is 23.2 Å². The van der Waals surface area contributed by atoms with Crippen molar-refractivity contribution < 1.29 is 9.53 Å². The van der Waals surface area contributed by atoms with Crippen LogP contribution in [-0.2, 0) is 6.54 Å². The maximum atomic E-state index is 12.0. The number of anilines is 1. The van der Waals surface area contributed by atoms with E-state index in [0.717, 1.165) is 45.2 Å². The Morgan fingerprint density at radius 3 is 2.57 bits per heavy atom. The van der Waals surface area contributed by atoms with E-state index in [9.17, 15) is 4.79 Å². The van der Waals surface area contributed by atoms with Crippen LogP contribution in [0.4, 0.5) is 10.5 Å². The number of hydrogen-bond donors (Lipinski definition) is 2. The molecule has 5 nitrogen and oxygen atoms in total. The van der Waals surface area contributed by atoms with Crippen LogP contribution in [0.25, 0.3) is 22.2 Å². The van der Waals surface area contributed by atoms with Gasteiger partial charge in [0, 0.05) is 29.7 Å². The van der Waals surface area contributed by atoms with Crippen LogP contribution >= 0.6 is 11.6 Å². The molecule has 1 heterocycles. The van der Waals surface area contributed by atoms with Crippen LogP contribution in [0, 0.1) is 5.92 Å². The lowest BCUT2D eigenvalue weighted by Crippen LogP contribution is -2.34. The van der Waals surface area contributed by atoms with Gasteiger partial charge < -0.3 is 19.9 Å². The van der Waals surface area contributed by atoms with Crippen molar-refractivity contribution in [1.29, 1.82) is 0 Å². The van der Waals surface area contributed by atoms with Gasteiger partial charge in [-0.3, -0.25) is 0 Å². The predicted molar refractivity (Wildman–Crippen MR) is 124 cm³/mol. The minimum absolute atomic E-state index is 0.0859. The highest BCUT2D eigenvalue weighted by Gasteiger charge is 2.26. The Morgan fingerprint density at radius 2 is 1.93 bits per heavy atom. The van der Waals surface area contributed by atoms with Gasteiger partial charge in [-0.25, -0.2) is 4.79 Å². The third-order valence-electron chi connectivity index (χ3n) is 5.26. The maximum Gasteiger partial charge on any atom is 0.319 e. The number of halogens is 1. The standard InChI is InChI=1S/C24H28ClN3O2/c1-4-30-19-11-12-20-21(13-19)28(14-16-5-6-16)23(22(20)25)17-7-9-18(10-8-17)27-24(29)26-15(2)3/h7-13,15-16H,4-6,14H2,1-3H3,(H2,26,27,29). The molecule has 1 fully saturated rings. The van der Waals surface area contributed by atoms with Crippen molar-refractivity contribution in [1.82, 2.24) is 9.88 Å². The summed E-state index contributed by atoms with van der Waals surface area (Å²) in [5.74, 6) is 1.56. The van der Waals surface area contributed by atoms with Gasteiger partial charge in [0.2, 0.25) is 0 Å². The van der Waals surface area contributed by atoms with Crippen molar-refractivity contribution in [2.24, 2.45) is 5.92 Å². The van der Waals surface area contributed by atoms with Crippen molar-refractivity contribution in [2.45, 2.75) is 46.2 Å². The molecule has 30 heavy (non-hydrogen) atoms. The van der Waals surface area contributed by atoms with Crippen LogP contribution in [0.15, 0.2) is 42.5 Å². The predicted octanol–water partition coefficient (Wildman–Crippen LogP) is 6.30. The highest BCUT2D eigenvalue weighted by Crippen LogP contribution is 2.42. The zero-order valence-corrected chi connectivity index (χ0v) is 18.4. The van der Waals surface area contributed by atoms with Crippen molar-refractivity contribution in [2.75, 3.05) is 11.9 Å². The van der Waals surface area contributed by atoms with Gasteiger partial charge in [-0.05, 0) is 69.4 Å². The molecule has 2 aromatic carbocycles. The van der Waals surface area contributed by atoms with Crippen LogP contribution in [0.1, 0.15) is 33.6 Å². The van der Waals surface area contributed by atoms with E-state index in [-0.39, 0.29) is 12.1 Å². The molecule has 2 amide bonds. The number of fused-ring (bicyclic) bond motifs is 1. The molecule has 1 aliphatic carbocycles. The zero-order valence-electron chi connectivity index (χ0n) is 17.7. The Balaban J connectivity index is 1.70. The van der Waals surface area contributed by atoms with Crippen LogP contribution < -0.4 is 15.4 Å². The molecule has 0 aliphatic heterocycles. The lowest BCUT2D eigenvalue weighted by molar-refractivity contribution is 0.250. The summed E-state index contributed by atoms with van der Waals surface area (Å²) in [5, 5.41) is 7.49. The number of rotatable bonds is 7. The highest BCUT2D eigenvalue weighted by molar-refractivity contribution is 6.38. The van der Waals surface area contributed by atoms with Gasteiger partial charge in [0.15, 0.2) is 0 Å². The number of aromatic nitrogens is 1. The fraction of sp³-hybridized carbons (Fsp3) is 0.375. The number of urea groups is 1. The number of benzene rings is 2. The van der Waals surface area contributed by atoms with Crippen molar-refractivity contribution in [3.05, 3.63) is 47.5 Å². The summed E-state index contributed by atoms with van der Waals surface area (Å²) < 4.78 is 8.05. The van der Waals surface area contributed by atoms with Crippen molar-refractivity contribution >= 4 is 34.2 Å². The van der Waals surface area contributed by atoms with Gasteiger partial charge in [0.25, 0.3) is 0 Å². The molecule has 1 aromatic heterocycles. The number of nitrogens with one attached hydrogen (secondary N) is 2. The quantitative estimate of drug-likeness (QED) is 0.466. The van der Waals surface area contributed by atoms with E-state index in [4.69, 9.17) is 16.3 Å². The highest BCUT2D eigenvalue weighted by atomic mass is 35.5. The summed E-state index contributed by atoms with van der Waals surface area (Å²) in [7, 11) is 0. The van der Waals surface area contributed by atoms with Gasteiger partial charge in [-0.1, -0.05) is 23.7 Å². The largest absolute Gasteiger partial charge is 0.494 e. The average molecular weight is 426 g/mol. The van der Waals surface area contributed by atoms with Crippen LogP contribution in [0.2, 0.25) is 5.02 Å². The lowest BCUT2D eigenvalue weighted by atomic mass is 10.1. The SMILES string of the molecule is CCOc1ccc2c(Cl)c(-c3ccc(NC(=O)NC(C)C)cc3)n(CC3CC3)c2c1. The van der Waals surface area contributed by atoms with E-state index in [2.05, 4.69) is 21.3 Å². The molecule has 0 unspecified atom stereocenters. The summed E-state index contributed by atoms with van der Waals surface area (Å²) in [5.41, 5.74) is 3.90. The van der Waals surface area contributed by atoms with Gasteiger partial charge in [-0.2, -0.15) is 0 Å². The molecule has 0 atom stereocenters. The van der Waals surface area contributed by atoms with Crippen molar-refractivity contribution in [3.63, 3.8) is 0 Å². The van der Waals surface area contributed by atoms with Gasteiger partial charge in [-0.15, -0.1) is 0 Å². The molecule has 1 aliphatic rings. The molecule has 2 N–H and O–H groups in total. The molecular weight excluding hydrogens is 398 g/mol. The van der Waals surface area contributed by atoms with Gasteiger partial charge >= 0.3 is 6.03 Å². The summed E-state index contributed by atoms with van der Waals surface area (Å²) in [6.07, 6.45) is 2.52. The Bertz CT molecular complexity index is 1050.